The summed E-state index contributed by atoms with van der Waals surface area (Å²) in [6.45, 7) is 8.32. The molecule has 0 saturated heterocycles. The number of Topliss-reactive ketones (excluding diaryl/α,β-unsaturated/α-hetero) is 1. The van der Waals surface area contributed by atoms with Crippen molar-refractivity contribution < 1.29 is 4.79 Å². The summed E-state index contributed by atoms with van der Waals surface area (Å²) in [6.07, 6.45) is 0.507. The van der Waals surface area contributed by atoms with Crippen LogP contribution in [0.1, 0.15) is 29.3 Å². The van der Waals surface area contributed by atoms with Crippen LogP contribution in [0.5, 0.6) is 0 Å². The average Bonchev–Trinajstić information content (AvgIpc) is 2.26. The van der Waals surface area contributed by atoms with Gasteiger partial charge in [0.25, 0.3) is 0 Å². The van der Waals surface area contributed by atoms with Gasteiger partial charge in [-0.3, -0.25) is 4.79 Å². The number of nitrogens with zero attached hydrogens (tertiary/aromatic N) is 1. The van der Waals surface area contributed by atoms with Gasteiger partial charge in [-0.25, -0.2) is 0 Å². The fourth-order valence-corrected chi connectivity index (χ4v) is 1.04. The Hall–Kier alpha value is -2.06. The van der Waals surface area contributed by atoms with E-state index < -0.39 is 0 Å². The van der Waals surface area contributed by atoms with Crippen molar-refractivity contribution >= 4 is 5.78 Å². The van der Waals surface area contributed by atoms with Gasteiger partial charge in [-0.2, -0.15) is 4.85 Å². The zero-order valence-electron chi connectivity index (χ0n) is 7.87. The minimum atomic E-state index is 0.120. The fourth-order valence-electron chi connectivity index (χ4n) is 1.04. The van der Waals surface area contributed by atoms with E-state index in [4.69, 9.17) is 6.57 Å². The second-order valence-corrected chi connectivity index (χ2v) is 2.70. The molecule has 0 fully saturated rings. The summed E-state index contributed by atoms with van der Waals surface area (Å²) in [4.78, 5) is 14.2. The molecular formula is C12H9NO. The molecule has 68 valence electrons. The molecule has 0 saturated carbocycles. The maximum Gasteiger partial charge on any atom is 0.162 e. The Bertz CT molecular complexity index is 426. The Kier molecular flexibility index (Phi) is 3.47. The van der Waals surface area contributed by atoms with E-state index in [9.17, 15) is 4.79 Å². The first kappa shape index (κ1) is 10.0. The van der Waals surface area contributed by atoms with Gasteiger partial charge >= 0.3 is 0 Å². The average molecular weight is 183 g/mol. The highest BCUT2D eigenvalue weighted by molar-refractivity contribution is 5.95. The van der Waals surface area contributed by atoms with Crippen LogP contribution in [0.4, 0.5) is 0 Å². The van der Waals surface area contributed by atoms with Gasteiger partial charge in [0.1, 0.15) is 12.6 Å². The minimum absolute atomic E-state index is 0.120. The maximum atomic E-state index is 11.3. The van der Waals surface area contributed by atoms with Crippen LogP contribution in [0.2, 0.25) is 0 Å². The van der Waals surface area contributed by atoms with Gasteiger partial charge in [-0.05, 0) is 12.1 Å². The Morgan fingerprint density at radius 1 is 1.43 bits per heavy atom. The molecule has 0 heterocycles. The lowest BCUT2D eigenvalue weighted by Crippen LogP contribution is -1.95. The molecule has 0 aliphatic heterocycles. The van der Waals surface area contributed by atoms with E-state index in [1.165, 1.54) is 0 Å². The highest BCUT2D eigenvalue weighted by Crippen LogP contribution is 2.05. The molecule has 0 amide bonds. The maximum absolute atomic E-state index is 11.3. The van der Waals surface area contributed by atoms with Crippen molar-refractivity contribution in [3.63, 3.8) is 0 Å². The SMILES string of the molecule is [C-]#[N+]C#Cc1ccc(C(=O)CC)cc1. The van der Waals surface area contributed by atoms with Crippen molar-refractivity contribution in [3.8, 4) is 12.0 Å². The summed E-state index contributed by atoms with van der Waals surface area (Å²) in [5.41, 5.74) is 1.45. The molecule has 1 aromatic rings. The van der Waals surface area contributed by atoms with Crippen LogP contribution in [0.15, 0.2) is 24.3 Å². The van der Waals surface area contributed by atoms with Gasteiger partial charge in [0.15, 0.2) is 5.78 Å². The van der Waals surface area contributed by atoms with Crippen molar-refractivity contribution in [1.82, 2.24) is 0 Å². The van der Waals surface area contributed by atoms with Gasteiger partial charge in [-0.15, -0.1) is 0 Å². The molecule has 0 bridgehead atoms. The predicted molar refractivity (Wildman–Crippen MR) is 54.5 cm³/mol. The summed E-state index contributed by atoms with van der Waals surface area (Å²) >= 11 is 0. The monoisotopic (exact) mass is 183 g/mol. The standard InChI is InChI=1S/C12H9NO/c1-3-12(14)11-6-4-10(5-7-11)8-9-13-2/h4-7H,3H2,1H3. The van der Waals surface area contributed by atoms with Gasteiger partial charge in [-0.1, -0.05) is 25.0 Å². The summed E-state index contributed by atoms with van der Waals surface area (Å²) in [7, 11) is 0. The zero-order valence-corrected chi connectivity index (χ0v) is 7.87. The molecule has 1 aromatic carbocycles. The number of benzene rings is 1. The summed E-state index contributed by atoms with van der Waals surface area (Å²) in [6, 6.07) is 9.26. The van der Waals surface area contributed by atoms with Crippen molar-refractivity contribution in [2.75, 3.05) is 0 Å². The molecule has 0 radical (unpaired) electrons. The molecule has 14 heavy (non-hydrogen) atoms. The highest BCUT2D eigenvalue weighted by Gasteiger charge is 2.00. The summed E-state index contributed by atoms with van der Waals surface area (Å²) in [5.74, 6) is 2.78. The first-order valence-corrected chi connectivity index (χ1v) is 4.28. The van der Waals surface area contributed by atoms with Crippen LogP contribution in [0.3, 0.4) is 0 Å². The first-order valence-electron chi connectivity index (χ1n) is 4.28. The number of ketones is 1. The predicted octanol–water partition coefficient (Wildman–Crippen LogP) is 2.51. The summed E-state index contributed by atoms with van der Waals surface area (Å²) in [5, 5.41) is 0. The van der Waals surface area contributed by atoms with Crippen LogP contribution < -0.4 is 0 Å². The molecule has 1 rings (SSSR count). The molecule has 0 aliphatic rings. The van der Waals surface area contributed by atoms with Crippen LogP contribution in [-0.4, -0.2) is 5.78 Å². The smallest absolute Gasteiger partial charge is 0.162 e. The quantitative estimate of drug-likeness (QED) is 0.392. The van der Waals surface area contributed by atoms with Crippen molar-refractivity contribution in [1.29, 1.82) is 0 Å². The number of carbonyl (C=O) groups excluding carboxylic acids is 1. The van der Waals surface area contributed by atoms with Crippen molar-refractivity contribution in [2.24, 2.45) is 0 Å². The molecule has 0 spiro atoms. The Labute approximate surface area is 83.4 Å². The molecule has 2 heteroatoms. The largest absolute Gasteiger partial charge is 0.294 e. The second kappa shape index (κ2) is 4.84. The van der Waals surface area contributed by atoms with E-state index >= 15 is 0 Å². The minimum Gasteiger partial charge on any atom is -0.294 e. The molecule has 2 nitrogen and oxygen atoms in total. The topological polar surface area (TPSA) is 21.4 Å². The van der Waals surface area contributed by atoms with Gasteiger partial charge in [0.05, 0.1) is 0 Å². The molecule has 0 atom stereocenters. The third-order valence-corrected chi connectivity index (χ3v) is 1.78. The lowest BCUT2D eigenvalue weighted by Gasteiger charge is -1.96. The number of hydrogen-bond acceptors (Lipinski definition) is 1. The van der Waals surface area contributed by atoms with E-state index in [-0.39, 0.29) is 5.78 Å². The first-order chi connectivity index (χ1) is 6.77. The van der Waals surface area contributed by atoms with Gasteiger partial charge in [0.2, 0.25) is 0 Å². The lowest BCUT2D eigenvalue weighted by molar-refractivity contribution is 0.0988. The van der Waals surface area contributed by atoms with E-state index in [1.54, 1.807) is 24.3 Å². The van der Waals surface area contributed by atoms with Crippen molar-refractivity contribution in [2.45, 2.75) is 13.3 Å². The third-order valence-electron chi connectivity index (χ3n) is 1.78. The number of hydrogen-bond donors (Lipinski definition) is 0. The number of rotatable bonds is 2. The third kappa shape index (κ3) is 2.47. The molecule has 0 aliphatic carbocycles. The van der Waals surface area contributed by atoms with Gasteiger partial charge < -0.3 is 0 Å². The zero-order chi connectivity index (χ0) is 10.4. The number of carbonyl (C=O) groups is 1. The van der Waals surface area contributed by atoms with Gasteiger partial charge in [0, 0.05) is 17.5 Å². The Balaban J connectivity index is 2.90. The normalized spacial score (nSPS) is 8.29. The summed E-state index contributed by atoms with van der Waals surface area (Å²) < 4.78 is 0. The molecule has 0 aromatic heterocycles. The second-order valence-electron chi connectivity index (χ2n) is 2.70. The van der Waals surface area contributed by atoms with Crippen LogP contribution in [0, 0.1) is 18.5 Å². The molecule has 0 N–H and O–H groups in total. The van der Waals surface area contributed by atoms with Crippen molar-refractivity contribution in [3.05, 3.63) is 46.8 Å². The lowest BCUT2D eigenvalue weighted by atomic mass is 10.1. The molecule has 0 unspecified atom stereocenters. The van der Waals surface area contributed by atoms with Crippen LogP contribution in [0.25, 0.3) is 4.85 Å². The molecular weight excluding hydrogens is 174 g/mol. The Morgan fingerprint density at radius 3 is 2.57 bits per heavy atom. The van der Waals surface area contributed by atoms with E-state index in [0.717, 1.165) is 5.56 Å². The fraction of sp³-hybridized carbons (Fsp3) is 0.167. The van der Waals surface area contributed by atoms with Crippen LogP contribution >= 0.6 is 0 Å². The van der Waals surface area contributed by atoms with E-state index in [2.05, 4.69) is 16.8 Å². The van der Waals surface area contributed by atoms with Crippen LogP contribution in [-0.2, 0) is 0 Å². The van der Waals surface area contributed by atoms with E-state index in [1.807, 2.05) is 6.92 Å². The Morgan fingerprint density at radius 2 is 2.07 bits per heavy atom. The van der Waals surface area contributed by atoms with E-state index in [0.29, 0.717) is 12.0 Å². The highest BCUT2D eigenvalue weighted by atomic mass is 16.1.